The monoisotopic (exact) mass is 140 g/mol. The van der Waals surface area contributed by atoms with Gasteiger partial charge < -0.3 is 4.74 Å². The molecule has 0 aromatic rings. The molecule has 1 heteroatoms. The van der Waals surface area contributed by atoms with Gasteiger partial charge in [0.15, 0.2) is 0 Å². The first-order valence-electron chi connectivity index (χ1n) is 4.34. The molecule has 58 valence electrons. The minimum absolute atomic E-state index is 0.588. The highest BCUT2D eigenvalue weighted by atomic mass is 16.5. The van der Waals surface area contributed by atoms with Crippen molar-refractivity contribution in [1.29, 1.82) is 0 Å². The molecule has 2 fully saturated rings. The quantitative estimate of drug-likeness (QED) is 0.542. The van der Waals surface area contributed by atoms with Crippen molar-refractivity contribution in [3.05, 3.63) is 0 Å². The lowest BCUT2D eigenvalue weighted by molar-refractivity contribution is 0.0348. The smallest absolute Gasteiger partial charge is 0.0581 e. The predicted octanol–water partition coefficient (Wildman–Crippen LogP) is 2.21. The largest absolute Gasteiger partial charge is 0.378 e. The molecule has 1 aliphatic carbocycles. The van der Waals surface area contributed by atoms with E-state index in [0.29, 0.717) is 11.5 Å². The zero-order chi connectivity index (χ0) is 7.19. The average molecular weight is 140 g/mol. The molecule has 0 radical (unpaired) electrons. The number of fused-ring (bicyclic) bond motifs is 2. The molecule has 1 nitrogen and oxygen atoms in total. The molecule has 0 amide bonds. The summed E-state index contributed by atoms with van der Waals surface area (Å²) in [6.45, 7) is 5.70. The van der Waals surface area contributed by atoms with Gasteiger partial charge in [-0.2, -0.15) is 0 Å². The van der Waals surface area contributed by atoms with Crippen molar-refractivity contribution in [2.75, 3.05) is 6.61 Å². The van der Waals surface area contributed by atoms with E-state index in [1.54, 1.807) is 0 Å². The summed E-state index contributed by atoms with van der Waals surface area (Å²) in [7, 11) is 0. The fourth-order valence-corrected chi connectivity index (χ4v) is 2.35. The minimum Gasteiger partial charge on any atom is -0.378 e. The lowest BCUT2D eigenvalue weighted by Crippen LogP contribution is -2.26. The molecule has 0 N–H and O–H groups in total. The summed E-state index contributed by atoms with van der Waals surface area (Å²) in [5.74, 6) is 0.819. The van der Waals surface area contributed by atoms with Gasteiger partial charge in [0.2, 0.25) is 0 Å². The summed E-state index contributed by atoms with van der Waals surface area (Å²) >= 11 is 0. The molecule has 1 saturated carbocycles. The van der Waals surface area contributed by atoms with E-state index in [1.807, 2.05) is 0 Å². The third kappa shape index (κ3) is 0.731. The molecule has 1 aliphatic heterocycles. The van der Waals surface area contributed by atoms with Crippen LogP contribution in [-0.2, 0) is 4.74 Å². The maximum atomic E-state index is 5.62. The van der Waals surface area contributed by atoms with E-state index in [9.17, 15) is 0 Å². The fourth-order valence-electron chi connectivity index (χ4n) is 2.35. The van der Waals surface area contributed by atoms with E-state index in [-0.39, 0.29) is 0 Å². The van der Waals surface area contributed by atoms with Crippen molar-refractivity contribution in [3.63, 3.8) is 0 Å². The summed E-state index contributed by atoms with van der Waals surface area (Å²) in [6, 6.07) is 0. The molecule has 1 unspecified atom stereocenters. The lowest BCUT2D eigenvalue weighted by atomic mass is 9.77. The molecule has 2 bridgehead atoms. The Morgan fingerprint density at radius 3 is 2.50 bits per heavy atom. The summed E-state index contributed by atoms with van der Waals surface area (Å²) in [5, 5.41) is 0. The summed E-state index contributed by atoms with van der Waals surface area (Å²) in [5.41, 5.74) is 0.588. The Balaban J connectivity index is 2.15. The molecule has 2 aliphatic rings. The first-order valence-corrected chi connectivity index (χ1v) is 4.34. The van der Waals surface area contributed by atoms with E-state index in [0.717, 1.165) is 12.5 Å². The van der Waals surface area contributed by atoms with Gasteiger partial charge in [0, 0.05) is 0 Å². The molecule has 0 aromatic heterocycles. The van der Waals surface area contributed by atoms with E-state index in [1.165, 1.54) is 19.3 Å². The fraction of sp³-hybridized carbons (Fsp3) is 1.00. The van der Waals surface area contributed by atoms with Gasteiger partial charge in [0.25, 0.3) is 0 Å². The van der Waals surface area contributed by atoms with Crippen LogP contribution in [0.5, 0.6) is 0 Å². The molecule has 1 saturated heterocycles. The van der Waals surface area contributed by atoms with Gasteiger partial charge >= 0.3 is 0 Å². The predicted molar refractivity (Wildman–Crippen MR) is 40.9 cm³/mol. The molecule has 2 atom stereocenters. The van der Waals surface area contributed by atoms with Crippen molar-refractivity contribution >= 4 is 0 Å². The number of hydrogen-bond acceptors (Lipinski definition) is 1. The van der Waals surface area contributed by atoms with E-state index < -0.39 is 0 Å². The van der Waals surface area contributed by atoms with Crippen LogP contribution in [0.25, 0.3) is 0 Å². The van der Waals surface area contributed by atoms with Crippen LogP contribution in [0.15, 0.2) is 0 Å². The van der Waals surface area contributed by atoms with Crippen LogP contribution in [-0.4, -0.2) is 12.7 Å². The molecule has 10 heavy (non-hydrogen) atoms. The topological polar surface area (TPSA) is 9.23 Å². The Morgan fingerprint density at radius 1 is 1.50 bits per heavy atom. The van der Waals surface area contributed by atoms with Gasteiger partial charge in [0.1, 0.15) is 0 Å². The Morgan fingerprint density at radius 2 is 2.30 bits per heavy atom. The van der Waals surface area contributed by atoms with Crippen LogP contribution in [0.4, 0.5) is 0 Å². The van der Waals surface area contributed by atoms with Crippen molar-refractivity contribution < 1.29 is 4.74 Å². The van der Waals surface area contributed by atoms with Crippen molar-refractivity contribution in [2.45, 2.75) is 39.2 Å². The standard InChI is InChI=1S/C9H16O/c1-7(2)9-4-3-8(5-9)10-6-9/h7-8H,3-6H2,1-2H3/t8-,9?/m1/s1. The van der Waals surface area contributed by atoms with Gasteiger partial charge in [-0.05, 0) is 30.6 Å². The van der Waals surface area contributed by atoms with E-state index in [2.05, 4.69) is 13.8 Å². The molecule has 0 aromatic carbocycles. The molecule has 1 heterocycles. The number of hydrogen-bond donors (Lipinski definition) is 0. The SMILES string of the molecule is CC(C)C12CC[C@H](C1)OC2. The average Bonchev–Trinajstić information content (AvgIpc) is 2.45. The second-order valence-corrected chi connectivity index (χ2v) is 4.19. The third-order valence-corrected chi connectivity index (χ3v) is 3.43. The van der Waals surface area contributed by atoms with Crippen molar-refractivity contribution in [3.8, 4) is 0 Å². The van der Waals surface area contributed by atoms with Crippen LogP contribution in [0.1, 0.15) is 33.1 Å². The molecular weight excluding hydrogens is 124 g/mol. The second kappa shape index (κ2) is 1.97. The van der Waals surface area contributed by atoms with Gasteiger partial charge in [-0.1, -0.05) is 13.8 Å². The Labute approximate surface area is 62.8 Å². The van der Waals surface area contributed by atoms with Crippen LogP contribution in [0.3, 0.4) is 0 Å². The first-order chi connectivity index (χ1) is 4.73. The molecule has 0 spiro atoms. The van der Waals surface area contributed by atoms with Crippen LogP contribution >= 0.6 is 0 Å². The normalized spacial score (nSPS) is 45.3. The number of rotatable bonds is 1. The van der Waals surface area contributed by atoms with Crippen molar-refractivity contribution in [2.24, 2.45) is 11.3 Å². The Kier molecular flexibility index (Phi) is 1.31. The Hall–Kier alpha value is -0.0400. The maximum absolute atomic E-state index is 5.62. The molecular formula is C9H16O. The highest BCUT2D eigenvalue weighted by molar-refractivity contribution is 4.96. The summed E-state index contributed by atoms with van der Waals surface area (Å²) in [6.07, 6.45) is 4.69. The number of ether oxygens (including phenoxy) is 1. The lowest BCUT2D eigenvalue weighted by Gasteiger charge is -2.29. The summed E-state index contributed by atoms with van der Waals surface area (Å²) in [4.78, 5) is 0. The van der Waals surface area contributed by atoms with Crippen LogP contribution < -0.4 is 0 Å². The van der Waals surface area contributed by atoms with E-state index >= 15 is 0 Å². The maximum Gasteiger partial charge on any atom is 0.0581 e. The van der Waals surface area contributed by atoms with E-state index in [4.69, 9.17) is 4.74 Å². The van der Waals surface area contributed by atoms with Gasteiger partial charge in [-0.3, -0.25) is 0 Å². The third-order valence-electron chi connectivity index (χ3n) is 3.43. The highest BCUT2D eigenvalue weighted by Gasteiger charge is 2.47. The second-order valence-electron chi connectivity index (χ2n) is 4.19. The Bertz CT molecular complexity index is 132. The zero-order valence-electron chi connectivity index (χ0n) is 6.89. The van der Waals surface area contributed by atoms with Gasteiger partial charge in [0.05, 0.1) is 12.7 Å². The zero-order valence-corrected chi connectivity index (χ0v) is 6.89. The van der Waals surface area contributed by atoms with Crippen LogP contribution in [0, 0.1) is 11.3 Å². The summed E-state index contributed by atoms with van der Waals surface area (Å²) < 4.78 is 5.62. The minimum atomic E-state index is 0.588. The highest BCUT2D eigenvalue weighted by Crippen LogP contribution is 2.50. The van der Waals surface area contributed by atoms with Gasteiger partial charge in [-0.25, -0.2) is 0 Å². The first kappa shape index (κ1) is 6.66. The molecule has 2 rings (SSSR count). The van der Waals surface area contributed by atoms with Crippen molar-refractivity contribution in [1.82, 2.24) is 0 Å². The van der Waals surface area contributed by atoms with Gasteiger partial charge in [-0.15, -0.1) is 0 Å². The van der Waals surface area contributed by atoms with Crippen LogP contribution in [0.2, 0.25) is 0 Å².